The van der Waals surface area contributed by atoms with E-state index in [0.29, 0.717) is 13.0 Å². The van der Waals surface area contributed by atoms with E-state index in [1.807, 2.05) is 36.9 Å². The van der Waals surface area contributed by atoms with Crippen LogP contribution in [0, 0.1) is 6.92 Å². The number of rotatable bonds is 9. The largest absolute Gasteiger partial charge is 0.381 e. The predicted octanol–water partition coefficient (Wildman–Crippen LogP) is 2.72. The maximum atomic E-state index is 13.0. The van der Waals surface area contributed by atoms with Crippen molar-refractivity contribution in [2.45, 2.75) is 58.6 Å². The fraction of sp³-hybridized carbons (Fsp3) is 0.750. The smallest absolute Gasteiger partial charge is 0.227 e. The molecule has 3 rings (SSSR count). The van der Waals surface area contributed by atoms with Crippen LogP contribution in [0.25, 0.3) is 0 Å². The topological polar surface area (TPSA) is 58.1 Å². The van der Waals surface area contributed by atoms with Crippen LogP contribution in [-0.2, 0) is 14.3 Å². The van der Waals surface area contributed by atoms with Crippen LogP contribution in [0.4, 0.5) is 5.82 Å². The Hall–Kier alpha value is -1.54. The van der Waals surface area contributed by atoms with Crippen LogP contribution >= 0.6 is 0 Å². The van der Waals surface area contributed by atoms with Crippen molar-refractivity contribution in [1.29, 1.82) is 0 Å². The number of pyridine rings is 1. The lowest BCUT2D eigenvalue weighted by Gasteiger charge is -2.51. The van der Waals surface area contributed by atoms with Gasteiger partial charge in [0.2, 0.25) is 5.91 Å². The molecule has 2 aliphatic rings. The average molecular weight is 433 g/mol. The first-order valence-electron chi connectivity index (χ1n) is 11.8. The van der Waals surface area contributed by atoms with Gasteiger partial charge in [0.1, 0.15) is 5.82 Å². The van der Waals surface area contributed by atoms with Gasteiger partial charge in [-0.2, -0.15) is 0 Å². The number of carbonyl (C=O) groups excluding carboxylic acids is 1. The summed E-state index contributed by atoms with van der Waals surface area (Å²) in [5, 5.41) is 0. The number of hydrogen-bond acceptors (Lipinski definition) is 6. The number of ether oxygens (including phenoxy) is 2. The maximum Gasteiger partial charge on any atom is 0.227 e. The minimum Gasteiger partial charge on any atom is -0.381 e. The van der Waals surface area contributed by atoms with E-state index in [4.69, 9.17) is 9.47 Å². The van der Waals surface area contributed by atoms with Gasteiger partial charge in [-0.15, -0.1) is 0 Å². The van der Waals surface area contributed by atoms with Gasteiger partial charge in [0, 0.05) is 70.1 Å². The van der Waals surface area contributed by atoms with E-state index < -0.39 is 0 Å². The van der Waals surface area contributed by atoms with Crippen molar-refractivity contribution in [3.05, 3.63) is 23.9 Å². The highest BCUT2D eigenvalue weighted by molar-refractivity contribution is 5.92. The maximum absolute atomic E-state index is 13.0. The minimum atomic E-state index is -0.0605. The third-order valence-corrected chi connectivity index (χ3v) is 6.53. The first kappa shape index (κ1) is 24.1. The van der Waals surface area contributed by atoms with E-state index in [0.717, 1.165) is 76.9 Å². The molecule has 0 bridgehead atoms. The van der Waals surface area contributed by atoms with E-state index in [9.17, 15) is 4.79 Å². The number of piperazine rings is 1. The van der Waals surface area contributed by atoms with Gasteiger partial charge in [-0.05, 0) is 45.7 Å². The first-order chi connectivity index (χ1) is 14.9. The van der Waals surface area contributed by atoms with Gasteiger partial charge in [-0.3, -0.25) is 19.5 Å². The monoisotopic (exact) mass is 432 g/mol. The standard InChI is InChI=1S/C24H40N4O3/c1-5-23(29)28(22-8-6-7-21(4)25-22)19-24(9-16-30-17-10-24)27-13-11-26(12-14-27)15-18-31-20(2)3/h6-8,20H,5,9-19H2,1-4H3. The number of amides is 1. The molecule has 3 heterocycles. The Bertz CT molecular complexity index is 698. The molecule has 2 aliphatic heterocycles. The van der Waals surface area contributed by atoms with Gasteiger partial charge < -0.3 is 9.47 Å². The lowest BCUT2D eigenvalue weighted by Crippen LogP contribution is -2.63. The van der Waals surface area contributed by atoms with Gasteiger partial charge in [0.25, 0.3) is 0 Å². The SMILES string of the molecule is CCC(=O)N(CC1(N2CCN(CCOC(C)C)CC2)CCOCC1)c1cccc(C)n1. The molecule has 0 aromatic carbocycles. The van der Waals surface area contributed by atoms with E-state index in [-0.39, 0.29) is 17.6 Å². The summed E-state index contributed by atoms with van der Waals surface area (Å²) in [6, 6.07) is 5.92. The zero-order valence-electron chi connectivity index (χ0n) is 19.8. The second-order valence-corrected chi connectivity index (χ2v) is 9.06. The zero-order chi connectivity index (χ0) is 22.3. The summed E-state index contributed by atoms with van der Waals surface area (Å²) >= 11 is 0. The molecule has 1 aromatic heterocycles. The molecule has 174 valence electrons. The molecule has 0 N–H and O–H groups in total. The van der Waals surface area contributed by atoms with Gasteiger partial charge in [0.15, 0.2) is 0 Å². The molecule has 7 nitrogen and oxygen atoms in total. The Kier molecular flexibility index (Phi) is 8.84. The van der Waals surface area contributed by atoms with Crippen LogP contribution in [0.5, 0.6) is 0 Å². The number of anilines is 1. The second-order valence-electron chi connectivity index (χ2n) is 9.06. The molecule has 0 saturated carbocycles. The summed E-state index contributed by atoms with van der Waals surface area (Å²) < 4.78 is 11.5. The Balaban J connectivity index is 1.72. The zero-order valence-corrected chi connectivity index (χ0v) is 19.8. The summed E-state index contributed by atoms with van der Waals surface area (Å²) in [7, 11) is 0. The molecule has 0 atom stereocenters. The number of aryl methyl sites for hydroxylation is 1. The molecule has 2 fully saturated rings. The van der Waals surface area contributed by atoms with Gasteiger partial charge in [0.05, 0.1) is 12.7 Å². The fourth-order valence-electron chi connectivity index (χ4n) is 4.65. The quantitative estimate of drug-likeness (QED) is 0.598. The van der Waals surface area contributed by atoms with E-state index in [1.54, 1.807) is 0 Å². The molecular formula is C24H40N4O3. The third-order valence-electron chi connectivity index (χ3n) is 6.53. The van der Waals surface area contributed by atoms with E-state index >= 15 is 0 Å². The van der Waals surface area contributed by atoms with Crippen LogP contribution in [-0.4, -0.2) is 91.4 Å². The summed E-state index contributed by atoms with van der Waals surface area (Å²) in [5.74, 6) is 0.899. The van der Waals surface area contributed by atoms with E-state index in [1.165, 1.54) is 0 Å². The Labute approximate surface area is 187 Å². The average Bonchev–Trinajstić information content (AvgIpc) is 2.78. The summed E-state index contributed by atoms with van der Waals surface area (Å²) in [4.78, 5) is 24.7. The minimum absolute atomic E-state index is 0.0605. The lowest BCUT2D eigenvalue weighted by atomic mass is 9.86. The molecule has 0 spiro atoms. The highest BCUT2D eigenvalue weighted by Crippen LogP contribution is 2.32. The molecule has 2 saturated heterocycles. The van der Waals surface area contributed by atoms with Crippen molar-refractivity contribution >= 4 is 11.7 Å². The first-order valence-corrected chi connectivity index (χ1v) is 11.8. The predicted molar refractivity (Wildman–Crippen MR) is 124 cm³/mol. The third kappa shape index (κ3) is 6.48. The van der Waals surface area contributed by atoms with E-state index in [2.05, 4.69) is 28.6 Å². The normalized spacial score (nSPS) is 20.2. The van der Waals surface area contributed by atoms with Crippen molar-refractivity contribution in [1.82, 2.24) is 14.8 Å². The van der Waals surface area contributed by atoms with Crippen molar-refractivity contribution in [2.75, 3.05) is 64.0 Å². The second kappa shape index (κ2) is 11.4. The van der Waals surface area contributed by atoms with Gasteiger partial charge >= 0.3 is 0 Å². The summed E-state index contributed by atoms with van der Waals surface area (Å²) in [5.41, 5.74) is 0.874. The number of hydrogen-bond donors (Lipinski definition) is 0. The molecule has 1 amide bonds. The van der Waals surface area contributed by atoms with Crippen LogP contribution in [0.1, 0.15) is 45.7 Å². The highest BCUT2D eigenvalue weighted by atomic mass is 16.5. The molecule has 7 heteroatoms. The molecule has 0 radical (unpaired) electrons. The van der Waals surface area contributed by atoms with Gasteiger partial charge in [-0.1, -0.05) is 13.0 Å². The molecule has 31 heavy (non-hydrogen) atoms. The van der Waals surface area contributed by atoms with Gasteiger partial charge in [-0.25, -0.2) is 4.98 Å². The fourth-order valence-corrected chi connectivity index (χ4v) is 4.65. The molecular weight excluding hydrogens is 392 g/mol. The van der Waals surface area contributed by atoms with Crippen LogP contribution < -0.4 is 4.90 Å². The van der Waals surface area contributed by atoms with Crippen molar-refractivity contribution < 1.29 is 14.3 Å². The molecule has 1 aromatic rings. The Morgan fingerprint density at radius 3 is 2.55 bits per heavy atom. The van der Waals surface area contributed by atoms with Crippen LogP contribution in [0.3, 0.4) is 0 Å². The van der Waals surface area contributed by atoms with Crippen LogP contribution in [0.2, 0.25) is 0 Å². The summed E-state index contributed by atoms with van der Waals surface area (Å²) in [6.45, 7) is 16.1. The summed E-state index contributed by atoms with van der Waals surface area (Å²) in [6.07, 6.45) is 2.65. The number of carbonyl (C=O) groups is 1. The Morgan fingerprint density at radius 1 is 1.23 bits per heavy atom. The van der Waals surface area contributed by atoms with Crippen molar-refractivity contribution in [3.8, 4) is 0 Å². The number of nitrogens with zero attached hydrogens (tertiary/aromatic N) is 4. The molecule has 0 aliphatic carbocycles. The lowest BCUT2D eigenvalue weighted by molar-refractivity contribution is -0.119. The Morgan fingerprint density at radius 2 is 1.94 bits per heavy atom. The van der Waals surface area contributed by atoms with Crippen molar-refractivity contribution in [2.24, 2.45) is 0 Å². The highest BCUT2D eigenvalue weighted by Gasteiger charge is 2.42. The number of aromatic nitrogens is 1. The molecule has 0 unspecified atom stereocenters. The van der Waals surface area contributed by atoms with Crippen molar-refractivity contribution in [3.63, 3.8) is 0 Å². The van der Waals surface area contributed by atoms with Crippen LogP contribution in [0.15, 0.2) is 18.2 Å².